The van der Waals surface area contributed by atoms with Crippen molar-refractivity contribution < 1.29 is 14.3 Å². The van der Waals surface area contributed by atoms with Gasteiger partial charge in [0.15, 0.2) is 0 Å². The highest BCUT2D eigenvalue weighted by Crippen LogP contribution is 2.47. The van der Waals surface area contributed by atoms with Crippen LogP contribution in [0.1, 0.15) is 36.0 Å². The molecule has 3 rings (SSSR count). The van der Waals surface area contributed by atoms with Gasteiger partial charge in [-0.05, 0) is 31.4 Å². The van der Waals surface area contributed by atoms with E-state index in [4.69, 9.17) is 4.74 Å². The number of carbonyl (C=O) groups excluding carboxylic acids is 2. The van der Waals surface area contributed by atoms with Crippen molar-refractivity contribution in [3.8, 4) is 0 Å². The number of nitrogens with zero attached hydrogens (tertiary/aromatic N) is 1. The third kappa shape index (κ3) is 3.22. The maximum atomic E-state index is 12.4. The van der Waals surface area contributed by atoms with Gasteiger partial charge in [-0.1, -0.05) is 24.3 Å². The quantitative estimate of drug-likeness (QED) is 0.872. The number of benzene rings is 1. The van der Waals surface area contributed by atoms with E-state index in [9.17, 15) is 9.59 Å². The predicted molar refractivity (Wildman–Crippen MR) is 91.3 cm³/mol. The molecule has 1 aliphatic heterocycles. The lowest BCUT2D eigenvalue weighted by Gasteiger charge is -2.42. The second kappa shape index (κ2) is 7.18. The van der Waals surface area contributed by atoms with Crippen LogP contribution in [0.5, 0.6) is 0 Å². The van der Waals surface area contributed by atoms with Crippen molar-refractivity contribution in [3.63, 3.8) is 0 Å². The van der Waals surface area contributed by atoms with Crippen LogP contribution in [-0.4, -0.2) is 43.5 Å². The number of likely N-dealkylation sites (tertiary alicyclic amines) is 1. The molecular formula is C19H24N2O3. The van der Waals surface area contributed by atoms with Crippen molar-refractivity contribution in [2.45, 2.75) is 25.7 Å². The topological polar surface area (TPSA) is 58.6 Å². The summed E-state index contributed by atoms with van der Waals surface area (Å²) in [6.07, 6.45) is 5.42. The van der Waals surface area contributed by atoms with Crippen LogP contribution in [-0.2, 0) is 9.53 Å². The average molecular weight is 328 g/mol. The predicted octanol–water partition coefficient (Wildman–Crippen LogP) is 2.35. The molecule has 128 valence electrons. The Kier molecular flexibility index (Phi) is 5.00. The number of hydrogen-bond donors (Lipinski definition) is 1. The van der Waals surface area contributed by atoms with Crippen LogP contribution in [0.2, 0.25) is 0 Å². The van der Waals surface area contributed by atoms with Crippen LogP contribution in [0.15, 0.2) is 42.1 Å². The smallest absolute Gasteiger partial charge is 0.251 e. The summed E-state index contributed by atoms with van der Waals surface area (Å²) < 4.78 is 5.14. The molecule has 0 bridgehead atoms. The summed E-state index contributed by atoms with van der Waals surface area (Å²) in [5, 5.41) is 3.07. The summed E-state index contributed by atoms with van der Waals surface area (Å²) in [7, 11) is 1.64. The van der Waals surface area contributed by atoms with Crippen molar-refractivity contribution >= 4 is 11.8 Å². The third-order valence-corrected chi connectivity index (χ3v) is 5.06. The Morgan fingerprint density at radius 1 is 1.29 bits per heavy atom. The van der Waals surface area contributed by atoms with Crippen molar-refractivity contribution in [1.82, 2.24) is 10.2 Å². The molecule has 2 aliphatic rings. The van der Waals surface area contributed by atoms with E-state index >= 15 is 0 Å². The van der Waals surface area contributed by atoms with Gasteiger partial charge in [0.2, 0.25) is 5.91 Å². The molecule has 1 aromatic carbocycles. The van der Waals surface area contributed by atoms with Gasteiger partial charge in [0.1, 0.15) is 0 Å². The van der Waals surface area contributed by atoms with Crippen LogP contribution in [0.3, 0.4) is 0 Å². The third-order valence-electron chi connectivity index (χ3n) is 5.06. The molecule has 1 aromatic rings. The molecular weight excluding hydrogens is 304 g/mol. The lowest BCUT2D eigenvalue weighted by atomic mass is 9.76. The van der Waals surface area contributed by atoms with Crippen molar-refractivity contribution in [2.75, 3.05) is 26.8 Å². The number of rotatable bonds is 6. The summed E-state index contributed by atoms with van der Waals surface area (Å²) in [4.78, 5) is 26.5. The van der Waals surface area contributed by atoms with Gasteiger partial charge in [-0.2, -0.15) is 0 Å². The summed E-state index contributed by atoms with van der Waals surface area (Å²) >= 11 is 0. The molecule has 1 unspecified atom stereocenters. The largest absolute Gasteiger partial charge is 0.383 e. The van der Waals surface area contributed by atoms with Crippen molar-refractivity contribution in [1.29, 1.82) is 0 Å². The van der Waals surface area contributed by atoms with Gasteiger partial charge in [-0.15, -0.1) is 0 Å². The van der Waals surface area contributed by atoms with E-state index in [0.29, 0.717) is 31.7 Å². The maximum Gasteiger partial charge on any atom is 0.251 e. The Morgan fingerprint density at radius 3 is 2.83 bits per heavy atom. The number of amides is 2. The second-order valence-electron chi connectivity index (χ2n) is 6.50. The number of fused-ring (bicyclic) bond motifs is 1. The number of nitrogens with one attached hydrogen (secondary N) is 1. The second-order valence-corrected chi connectivity index (χ2v) is 6.50. The normalized spacial score (nSPS) is 23.0. The van der Waals surface area contributed by atoms with Crippen molar-refractivity contribution in [2.24, 2.45) is 5.41 Å². The van der Waals surface area contributed by atoms with E-state index < -0.39 is 0 Å². The molecule has 0 aromatic heterocycles. The Hall–Kier alpha value is -2.14. The summed E-state index contributed by atoms with van der Waals surface area (Å²) in [6.45, 7) is 1.68. The highest BCUT2D eigenvalue weighted by molar-refractivity contribution is 5.94. The van der Waals surface area contributed by atoms with Gasteiger partial charge < -0.3 is 15.0 Å². The van der Waals surface area contributed by atoms with Crippen LogP contribution in [0.4, 0.5) is 0 Å². The lowest BCUT2D eigenvalue weighted by molar-refractivity contribution is -0.133. The van der Waals surface area contributed by atoms with E-state index in [1.165, 1.54) is 0 Å². The Morgan fingerprint density at radius 2 is 2.08 bits per heavy atom. The molecule has 0 radical (unpaired) electrons. The van der Waals surface area contributed by atoms with Gasteiger partial charge >= 0.3 is 0 Å². The Balaban J connectivity index is 1.71. The van der Waals surface area contributed by atoms with Crippen LogP contribution in [0, 0.1) is 5.41 Å². The molecule has 1 N–H and O–H groups in total. The summed E-state index contributed by atoms with van der Waals surface area (Å²) in [6, 6.07) is 9.24. The van der Waals surface area contributed by atoms with Gasteiger partial charge in [0, 0.05) is 43.3 Å². The number of ether oxygens (including phenoxy) is 1. The Labute approximate surface area is 142 Å². The van der Waals surface area contributed by atoms with Gasteiger partial charge in [0.05, 0.1) is 6.61 Å². The van der Waals surface area contributed by atoms with Crippen LogP contribution >= 0.6 is 0 Å². The van der Waals surface area contributed by atoms with Crippen LogP contribution < -0.4 is 5.32 Å². The highest BCUT2D eigenvalue weighted by atomic mass is 16.5. The minimum atomic E-state index is -0.119. The molecule has 1 atom stereocenters. The first-order valence-corrected chi connectivity index (χ1v) is 8.49. The first-order valence-electron chi connectivity index (χ1n) is 8.49. The SMILES string of the molecule is COCCN1C(=O)CCC2(CNC(=O)c3ccccc3)CCC=C12. The number of piperidine rings is 1. The molecule has 0 spiro atoms. The number of methoxy groups -OCH3 is 1. The van der Waals surface area contributed by atoms with E-state index in [1.54, 1.807) is 7.11 Å². The molecule has 1 saturated heterocycles. The fourth-order valence-corrected chi connectivity index (χ4v) is 3.73. The molecule has 24 heavy (non-hydrogen) atoms. The molecule has 1 heterocycles. The monoisotopic (exact) mass is 328 g/mol. The van der Waals surface area contributed by atoms with E-state index in [-0.39, 0.29) is 17.2 Å². The van der Waals surface area contributed by atoms with Gasteiger partial charge in [-0.25, -0.2) is 0 Å². The minimum Gasteiger partial charge on any atom is -0.383 e. The molecule has 1 aliphatic carbocycles. The molecule has 5 heteroatoms. The zero-order valence-electron chi connectivity index (χ0n) is 14.1. The first kappa shape index (κ1) is 16.7. The van der Waals surface area contributed by atoms with Gasteiger partial charge in [0.25, 0.3) is 5.91 Å². The Bertz CT molecular complexity index is 641. The van der Waals surface area contributed by atoms with Crippen molar-refractivity contribution in [3.05, 3.63) is 47.7 Å². The lowest BCUT2D eigenvalue weighted by Crippen LogP contribution is -2.48. The molecule has 2 amide bonds. The van der Waals surface area contributed by atoms with E-state index in [1.807, 2.05) is 35.2 Å². The maximum absolute atomic E-state index is 12.4. The standard InChI is InChI=1S/C19H24N2O3/c1-24-13-12-21-16-8-5-10-19(16,11-9-17(21)22)14-20-18(23)15-6-3-2-4-7-15/h2-4,6-8H,5,9-14H2,1H3,(H,20,23). The molecule has 1 fully saturated rings. The first-order chi connectivity index (χ1) is 11.7. The summed E-state index contributed by atoms with van der Waals surface area (Å²) in [5.74, 6) is 0.0989. The fourth-order valence-electron chi connectivity index (χ4n) is 3.73. The molecule has 5 nitrogen and oxygen atoms in total. The van der Waals surface area contributed by atoms with E-state index in [2.05, 4.69) is 11.4 Å². The summed E-state index contributed by atoms with van der Waals surface area (Å²) in [5.41, 5.74) is 1.62. The minimum absolute atomic E-state index is 0.0587. The fraction of sp³-hybridized carbons (Fsp3) is 0.474. The van der Waals surface area contributed by atoms with E-state index in [0.717, 1.165) is 25.0 Å². The van der Waals surface area contributed by atoms with Gasteiger partial charge in [-0.3, -0.25) is 9.59 Å². The molecule has 0 saturated carbocycles. The van der Waals surface area contributed by atoms with Crippen LogP contribution in [0.25, 0.3) is 0 Å². The number of carbonyl (C=O) groups is 2. The zero-order valence-corrected chi connectivity index (χ0v) is 14.1. The number of allylic oxidation sites excluding steroid dienone is 1. The average Bonchev–Trinajstić information content (AvgIpc) is 3.04. The highest BCUT2D eigenvalue weighted by Gasteiger charge is 2.45. The zero-order chi connectivity index (χ0) is 17.0. The number of hydrogen-bond acceptors (Lipinski definition) is 3.